The molecule has 0 bridgehead atoms. The van der Waals surface area contributed by atoms with Crippen molar-refractivity contribution in [2.24, 2.45) is 0 Å². The van der Waals surface area contributed by atoms with Crippen LogP contribution in [-0.2, 0) is 33.6 Å². The molecule has 0 amide bonds. The number of hydrogen-bond donors (Lipinski definition) is 0. The van der Waals surface area contributed by atoms with Crippen molar-refractivity contribution in [3.05, 3.63) is 89.0 Å². The van der Waals surface area contributed by atoms with Gasteiger partial charge in [-0.2, -0.15) is 24.9 Å². The van der Waals surface area contributed by atoms with E-state index < -0.39 is 11.7 Å². The topological polar surface area (TPSA) is 35.5 Å². The third kappa shape index (κ3) is 6.78. The van der Waals surface area contributed by atoms with Crippen LogP contribution in [0, 0.1) is 0 Å². The molecule has 3 rings (SSSR count). The molecule has 3 aromatic carbocycles. The number of alkyl halides is 3. The minimum atomic E-state index is -4.44. The number of thioether (sulfide) groups is 1. The summed E-state index contributed by atoms with van der Waals surface area (Å²) in [5.41, 5.74) is 2.95. The number of halogens is 3. The quantitative estimate of drug-likeness (QED) is 0.315. The van der Waals surface area contributed by atoms with Crippen LogP contribution in [0.4, 0.5) is 13.2 Å². The van der Waals surface area contributed by atoms with Crippen molar-refractivity contribution >= 4 is 17.7 Å². The Morgan fingerprint density at radius 2 is 1.67 bits per heavy atom. The van der Waals surface area contributed by atoms with E-state index in [0.717, 1.165) is 11.6 Å². The molecular weight excluding hydrogens is 449 g/mol. The molecule has 0 unspecified atom stereocenters. The molecule has 174 valence electrons. The van der Waals surface area contributed by atoms with E-state index in [1.807, 2.05) is 30.3 Å². The van der Waals surface area contributed by atoms with Gasteiger partial charge in [0.15, 0.2) is 0 Å². The summed E-state index contributed by atoms with van der Waals surface area (Å²) in [5.74, 6) is 1.23. The highest BCUT2D eigenvalue weighted by atomic mass is 32.2. The Morgan fingerprint density at radius 1 is 0.909 bits per heavy atom. The van der Waals surface area contributed by atoms with Crippen molar-refractivity contribution in [2.45, 2.75) is 31.0 Å². The van der Waals surface area contributed by atoms with Crippen molar-refractivity contribution in [2.75, 3.05) is 13.7 Å². The SMILES string of the molecule is CCOC(=O)Cc1ccc(OC)c(-c2ccc(C(F)(F)F)cc2CSCc2ccccc2)c1. The van der Waals surface area contributed by atoms with Gasteiger partial charge in [0.05, 0.1) is 25.7 Å². The Hall–Kier alpha value is -2.93. The van der Waals surface area contributed by atoms with Crippen molar-refractivity contribution in [3.63, 3.8) is 0 Å². The van der Waals surface area contributed by atoms with Crippen molar-refractivity contribution < 1.29 is 27.4 Å². The molecule has 0 spiro atoms. The minimum Gasteiger partial charge on any atom is -0.496 e. The molecule has 33 heavy (non-hydrogen) atoms. The number of ether oxygens (including phenoxy) is 2. The molecule has 3 aromatic rings. The number of benzene rings is 3. The molecular formula is C26H25F3O3S. The van der Waals surface area contributed by atoms with Crippen LogP contribution in [0.15, 0.2) is 66.7 Å². The van der Waals surface area contributed by atoms with Gasteiger partial charge in [-0.3, -0.25) is 4.79 Å². The lowest BCUT2D eigenvalue weighted by molar-refractivity contribution is -0.142. The molecule has 0 N–H and O–H groups in total. The number of carbonyl (C=O) groups is 1. The summed E-state index contributed by atoms with van der Waals surface area (Å²) >= 11 is 1.54. The van der Waals surface area contributed by atoms with Gasteiger partial charge >= 0.3 is 12.1 Å². The van der Waals surface area contributed by atoms with E-state index in [2.05, 4.69) is 0 Å². The van der Waals surface area contributed by atoms with Crippen LogP contribution >= 0.6 is 11.8 Å². The summed E-state index contributed by atoms with van der Waals surface area (Å²) in [5, 5.41) is 0. The predicted molar refractivity (Wildman–Crippen MR) is 125 cm³/mol. The molecule has 0 aliphatic rings. The molecule has 7 heteroatoms. The second kappa shape index (κ2) is 11.3. The first kappa shape index (κ1) is 24.7. The van der Waals surface area contributed by atoms with Crippen molar-refractivity contribution in [1.29, 1.82) is 0 Å². The van der Waals surface area contributed by atoms with Gasteiger partial charge in [0, 0.05) is 17.1 Å². The Kier molecular flexibility index (Phi) is 8.44. The molecule has 0 saturated carbocycles. The fraction of sp³-hybridized carbons (Fsp3) is 0.269. The van der Waals surface area contributed by atoms with E-state index in [1.165, 1.54) is 19.2 Å². The maximum absolute atomic E-state index is 13.4. The van der Waals surface area contributed by atoms with Crippen LogP contribution in [0.25, 0.3) is 11.1 Å². The van der Waals surface area contributed by atoms with Crippen LogP contribution in [0.3, 0.4) is 0 Å². The van der Waals surface area contributed by atoms with Gasteiger partial charge in [0.1, 0.15) is 5.75 Å². The standard InChI is InChI=1S/C26H25F3O3S/c1-3-32-25(30)14-19-9-12-24(31-2)23(13-19)22-11-10-21(26(27,28)29)15-20(22)17-33-16-18-7-5-4-6-8-18/h4-13,15H,3,14,16-17H2,1-2H3. The largest absolute Gasteiger partial charge is 0.496 e. The molecule has 3 nitrogen and oxygen atoms in total. The average molecular weight is 475 g/mol. The highest BCUT2D eigenvalue weighted by molar-refractivity contribution is 7.97. The zero-order chi connectivity index (χ0) is 23.8. The van der Waals surface area contributed by atoms with Crippen LogP contribution in [0.2, 0.25) is 0 Å². The van der Waals surface area contributed by atoms with Crippen LogP contribution in [0.5, 0.6) is 5.75 Å². The molecule has 0 aliphatic heterocycles. The summed E-state index contributed by atoms with van der Waals surface area (Å²) in [6.07, 6.45) is -4.36. The van der Waals surface area contributed by atoms with Gasteiger partial charge in [-0.25, -0.2) is 0 Å². The number of hydrogen-bond acceptors (Lipinski definition) is 4. The van der Waals surface area contributed by atoms with E-state index in [0.29, 0.717) is 39.5 Å². The van der Waals surface area contributed by atoms with Crippen molar-refractivity contribution in [3.8, 4) is 16.9 Å². The summed E-state index contributed by atoms with van der Waals surface area (Å²) < 4.78 is 50.8. The first-order valence-electron chi connectivity index (χ1n) is 10.5. The smallest absolute Gasteiger partial charge is 0.416 e. The van der Waals surface area contributed by atoms with Gasteiger partial charge in [-0.15, -0.1) is 0 Å². The summed E-state index contributed by atoms with van der Waals surface area (Å²) in [6.45, 7) is 2.02. The predicted octanol–water partition coefficient (Wildman–Crippen LogP) is 6.92. The molecule has 0 aromatic heterocycles. The van der Waals surface area contributed by atoms with Crippen molar-refractivity contribution in [1.82, 2.24) is 0 Å². The number of methoxy groups -OCH3 is 1. The fourth-order valence-electron chi connectivity index (χ4n) is 3.46. The van der Waals surface area contributed by atoms with E-state index in [9.17, 15) is 18.0 Å². The Morgan fingerprint density at radius 3 is 2.33 bits per heavy atom. The second-order valence-electron chi connectivity index (χ2n) is 7.36. The van der Waals surface area contributed by atoms with E-state index >= 15 is 0 Å². The molecule has 0 heterocycles. The van der Waals surface area contributed by atoms with Gasteiger partial charge in [-0.05, 0) is 53.4 Å². The van der Waals surface area contributed by atoms with E-state index in [4.69, 9.17) is 9.47 Å². The molecule has 0 fully saturated rings. The number of esters is 1. The summed E-state index contributed by atoms with van der Waals surface area (Å²) in [7, 11) is 1.51. The molecule has 0 saturated heterocycles. The number of carbonyl (C=O) groups excluding carboxylic acids is 1. The molecule has 0 aliphatic carbocycles. The second-order valence-corrected chi connectivity index (χ2v) is 8.35. The Bertz CT molecular complexity index is 1080. The van der Waals surface area contributed by atoms with Gasteiger partial charge < -0.3 is 9.47 Å². The van der Waals surface area contributed by atoms with E-state index in [1.54, 1.807) is 36.9 Å². The zero-order valence-corrected chi connectivity index (χ0v) is 19.3. The third-order valence-corrected chi connectivity index (χ3v) is 6.06. The summed E-state index contributed by atoms with van der Waals surface area (Å²) in [6, 6.07) is 18.8. The normalized spacial score (nSPS) is 11.3. The maximum atomic E-state index is 13.4. The van der Waals surface area contributed by atoms with Gasteiger partial charge in [0.25, 0.3) is 0 Å². The fourth-order valence-corrected chi connectivity index (χ4v) is 4.45. The summed E-state index contributed by atoms with van der Waals surface area (Å²) in [4.78, 5) is 11.9. The first-order chi connectivity index (χ1) is 15.8. The van der Waals surface area contributed by atoms with Crippen LogP contribution in [-0.4, -0.2) is 19.7 Å². The highest BCUT2D eigenvalue weighted by Gasteiger charge is 2.31. The van der Waals surface area contributed by atoms with Crippen LogP contribution in [0.1, 0.15) is 29.2 Å². The van der Waals surface area contributed by atoms with E-state index in [-0.39, 0.29) is 19.0 Å². The minimum absolute atomic E-state index is 0.0730. The maximum Gasteiger partial charge on any atom is 0.416 e. The lowest BCUT2D eigenvalue weighted by Crippen LogP contribution is -2.08. The van der Waals surface area contributed by atoms with Gasteiger partial charge in [-0.1, -0.05) is 42.5 Å². The lowest BCUT2D eigenvalue weighted by Gasteiger charge is -2.17. The van der Waals surface area contributed by atoms with Gasteiger partial charge in [0.2, 0.25) is 0 Å². The molecule has 0 atom stereocenters. The first-order valence-corrected chi connectivity index (χ1v) is 11.6. The molecule has 0 radical (unpaired) electrons. The monoisotopic (exact) mass is 474 g/mol. The zero-order valence-electron chi connectivity index (χ0n) is 18.4. The highest BCUT2D eigenvalue weighted by Crippen LogP contribution is 2.39. The number of rotatable bonds is 9. The Balaban J connectivity index is 1.97. The third-order valence-electron chi connectivity index (χ3n) is 5.01. The lowest BCUT2D eigenvalue weighted by atomic mass is 9.95. The average Bonchev–Trinajstić information content (AvgIpc) is 2.79. The Labute approximate surface area is 195 Å². The van der Waals surface area contributed by atoms with Crippen LogP contribution < -0.4 is 4.74 Å².